The van der Waals surface area contributed by atoms with Crippen LogP contribution in [0.15, 0.2) is 0 Å². The molecular formula is C13H12F4N2O2S. The van der Waals surface area contributed by atoms with Crippen molar-refractivity contribution in [3.63, 3.8) is 0 Å². The first-order valence-corrected chi connectivity index (χ1v) is 7.23. The molecule has 22 heavy (non-hydrogen) atoms. The second-order valence-corrected chi connectivity index (χ2v) is 5.88. The molecule has 1 N–H and O–H groups in total. The normalized spacial score (nSPS) is 17.3. The van der Waals surface area contributed by atoms with Gasteiger partial charge in [-0.05, 0) is 31.2 Å². The number of aryl methyl sites for hydroxylation is 1. The van der Waals surface area contributed by atoms with Crippen LogP contribution in [0.25, 0.3) is 0 Å². The molecule has 0 unspecified atom stereocenters. The number of anilines is 1. The highest BCUT2D eigenvalue weighted by Gasteiger charge is 2.63. The third-order valence-electron chi connectivity index (χ3n) is 3.45. The Hall–Kier alpha value is -1.66. The summed E-state index contributed by atoms with van der Waals surface area (Å²) >= 11 is 1.01. The van der Waals surface area contributed by atoms with Gasteiger partial charge in [-0.3, -0.25) is 4.79 Å². The zero-order valence-corrected chi connectivity index (χ0v) is 12.3. The van der Waals surface area contributed by atoms with Crippen LogP contribution in [0.3, 0.4) is 0 Å². The minimum Gasteiger partial charge on any atom is -0.335 e. The van der Waals surface area contributed by atoms with Crippen molar-refractivity contribution in [3.8, 4) is 6.07 Å². The van der Waals surface area contributed by atoms with Crippen molar-refractivity contribution in [3.05, 3.63) is 16.0 Å². The van der Waals surface area contributed by atoms with E-state index < -0.39 is 17.9 Å². The van der Waals surface area contributed by atoms with Gasteiger partial charge in [-0.1, -0.05) is 0 Å². The van der Waals surface area contributed by atoms with Crippen LogP contribution in [0.2, 0.25) is 0 Å². The van der Waals surface area contributed by atoms with Crippen molar-refractivity contribution in [2.75, 3.05) is 12.4 Å². The summed E-state index contributed by atoms with van der Waals surface area (Å²) in [5.41, 5.74) is 0.830. The third kappa shape index (κ3) is 2.68. The van der Waals surface area contributed by atoms with Crippen molar-refractivity contribution in [1.29, 1.82) is 5.26 Å². The molecule has 0 aliphatic heterocycles. The number of hydrogen-bond acceptors (Lipinski definition) is 4. The molecule has 4 nitrogen and oxygen atoms in total. The smallest absolute Gasteiger partial charge is 0.335 e. The van der Waals surface area contributed by atoms with E-state index in [9.17, 15) is 22.4 Å². The van der Waals surface area contributed by atoms with E-state index >= 15 is 0 Å². The number of fused-ring (bicyclic) bond motifs is 1. The number of carbonyl (C=O) groups is 1. The van der Waals surface area contributed by atoms with Gasteiger partial charge in [0.1, 0.15) is 11.1 Å². The highest BCUT2D eigenvalue weighted by molar-refractivity contribution is 7.16. The predicted octanol–water partition coefficient (Wildman–Crippen LogP) is 3.31. The van der Waals surface area contributed by atoms with Crippen LogP contribution in [0.5, 0.6) is 0 Å². The lowest BCUT2D eigenvalue weighted by molar-refractivity contribution is -0.305. The van der Waals surface area contributed by atoms with Gasteiger partial charge in [-0.2, -0.15) is 22.8 Å². The molecule has 1 aliphatic rings. The van der Waals surface area contributed by atoms with Gasteiger partial charge in [-0.25, -0.2) is 0 Å². The molecule has 0 radical (unpaired) electrons. The van der Waals surface area contributed by atoms with Crippen molar-refractivity contribution >= 4 is 22.2 Å². The van der Waals surface area contributed by atoms with Crippen molar-refractivity contribution < 1.29 is 27.1 Å². The molecule has 1 aromatic rings. The number of nitrogens with zero attached hydrogens (tertiary/aromatic N) is 1. The van der Waals surface area contributed by atoms with Gasteiger partial charge in [0.15, 0.2) is 0 Å². The van der Waals surface area contributed by atoms with E-state index in [1.165, 1.54) is 0 Å². The standard InChI is InChI=1S/C13H12F4N2O2S/c1-21-12(14,13(15,16)17)11(20)19-10-8(6-18)7-4-2-3-5-9(7)22-10/h2-5H2,1H3,(H,19,20)/t12-/m1/s1. The van der Waals surface area contributed by atoms with Gasteiger partial charge in [-0.15, -0.1) is 11.3 Å². The third-order valence-corrected chi connectivity index (χ3v) is 4.66. The summed E-state index contributed by atoms with van der Waals surface area (Å²) in [5, 5.41) is 10.9. The lowest BCUT2D eigenvalue weighted by Gasteiger charge is -2.24. The topological polar surface area (TPSA) is 62.1 Å². The Morgan fingerprint density at radius 2 is 1.95 bits per heavy atom. The number of nitrogens with one attached hydrogen (secondary N) is 1. The molecule has 120 valence electrons. The maximum Gasteiger partial charge on any atom is 0.458 e. The number of alkyl halides is 4. The Balaban J connectivity index is 2.33. The maximum atomic E-state index is 13.8. The molecule has 1 amide bonds. The monoisotopic (exact) mass is 336 g/mol. The molecule has 1 aliphatic carbocycles. The first kappa shape index (κ1) is 16.7. The average Bonchev–Trinajstić information content (AvgIpc) is 2.81. The highest BCUT2D eigenvalue weighted by atomic mass is 32.1. The quantitative estimate of drug-likeness (QED) is 0.862. The summed E-state index contributed by atoms with van der Waals surface area (Å²) in [5.74, 6) is -6.44. The Morgan fingerprint density at radius 3 is 2.50 bits per heavy atom. The van der Waals surface area contributed by atoms with E-state index in [4.69, 9.17) is 5.26 Å². The van der Waals surface area contributed by atoms with E-state index in [1.807, 2.05) is 11.4 Å². The highest BCUT2D eigenvalue weighted by Crippen LogP contribution is 2.40. The van der Waals surface area contributed by atoms with Gasteiger partial charge in [0, 0.05) is 12.0 Å². The molecule has 1 heterocycles. The number of amides is 1. The van der Waals surface area contributed by atoms with Crippen LogP contribution in [-0.4, -0.2) is 25.0 Å². The van der Waals surface area contributed by atoms with Gasteiger partial charge in [0.05, 0.1) is 5.56 Å². The number of nitriles is 1. The van der Waals surface area contributed by atoms with E-state index in [-0.39, 0.29) is 10.6 Å². The van der Waals surface area contributed by atoms with E-state index in [0.29, 0.717) is 20.0 Å². The van der Waals surface area contributed by atoms with Crippen molar-refractivity contribution in [2.24, 2.45) is 0 Å². The van der Waals surface area contributed by atoms with Gasteiger partial charge in [0.25, 0.3) is 0 Å². The van der Waals surface area contributed by atoms with E-state index in [2.05, 4.69) is 4.74 Å². The second-order valence-electron chi connectivity index (χ2n) is 4.78. The largest absolute Gasteiger partial charge is 0.458 e. The first-order chi connectivity index (χ1) is 10.2. The number of carbonyl (C=O) groups excluding carboxylic acids is 1. The van der Waals surface area contributed by atoms with Gasteiger partial charge in [0.2, 0.25) is 0 Å². The summed E-state index contributed by atoms with van der Waals surface area (Å²) < 4.78 is 55.5. The fourth-order valence-corrected chi connectivity index (χ4v) is 3.53. The first-order valence-electron chi connectivity index (χ1n) is 6.41. The molecular weight excluding hydrogens is 324 g/mol. The lowest BCUT2D eigenvalue weighted by atomic mass is 9.96. The summed E-state index contributed by atoms with van der Waals surface area (Å²) in [6.07, 6.45) is -2.45. The molecule has 0 fully saturated rings. The fourth-order valence-electron chi connectivity index (χ4n) is 2.29. The molecule has 0 aromatic carbocycles. The molecule has 1 atom stereocenters. The van der Waals surface area contributed by atoms with Crippen LogP contribution in [-0.2, 0) is 22.4 Å². The zero-order valence-electron chi connectivity index (χ0n) is 11.5. The Morgan fingerprint density at radius 1 is 1.32 bits per heavy atom. The van der Waals surface area contributed by atoms with Crippen molar-refractivity contribution in [1.82, 2.24) is 0 Å². The predicted molar refractivity (Wildman–Crippen MR) is 71.2 cm³/mol. The summed E-state index contributed by atoms with van der Waals surface area (Å²) in [7, 11) is 0.456. The molecule has 0 saturated heterocycles. The van der Waals surface area contributed by atoms with Gasteiger partial charge < -0.3 is 10.1 Å². The maximum absolute atomic E-state index is 13.8. The minimum atomic E-state index is -5.52. The zero-order chi connectivity index (χ0) is 16.5. The molecule has 0 saturated carbocycles. The molecule has 1 aromatic heterocycles. The minimum absolute atomic E-state index is 0.0669. The molecule has 0 spiro atoms. The number of hydrogen-bond donors (Lipinski definition) is 1. The lowest BCUT2D eigenvalue weighted by Crippen LogP contribution is -2.52. The van der Waals surface area contributed by atoms with Crippen LogP contribution in [0.4, 0.5) is 22.6 Å². The number of thiophene rings is 1. The SMILES string of the molecule is CO[C@](F)(C(=O)Nc1sc2c(c1C#N)CCCC2)C(F)(F)F. The Bertz CT molecular complexity index is 635. The number of methoxy groups -OCH3 is 1. The number of ether oxygens (including phenoxy) is 1. The van der Waals surface area contributed by atoms with Crippen molar-refractivity contribution in [2.45, 2.75) is 37.7 Å². The van der Waals surface area contributed by atoms with Gasteiger partial charge >= 0.3 is 17.9 Å². The van der Waals surface area contributed by atoms with E-state index in [1.54, 1.807) is 0 Å². The fraction of sp³-hybridized carbons (Fsp3) is 0.538. The molecule has 9 heteroatoms. The average molecular weight is 336 g/mol. The Kier molecular flexibility index (Phi) is 4.44. The van der Waals surface area contributed by atoms with E-state index in [0.717, 1.165) is 34.6 Å². The van der Waals surface area contributed by atoms with Crippen LogP contribution >= 0.6 is 11.3 Å². The summed E-state index contributed by atoms with van der Waals surface area (Å²) in [6.45, 7) is 0. The Labute approximate surface area is 127 Å². The number of halogens is 4. The molecule has 0 bridgehead atoms. The summed E-state index contributed by atoms with van der Waals surface area (Å²) in [6, 6.07) is 1.87. The summed E-state index contributed by atoms with van der Waals surface area (Å²) in [4.78, 5) is 12.5. The number of rotatable bonds is 3. The van der Waals surface area contributed by atoms with Crippen LogP contribution in [0, 0.1) is 11.3 Å². The molecule has 2 rings (SSSR count). The van der Waals surface area contributed by atoms with Crippen LogP contribution < -0.4 is 5.32 Å². The van der Waals surface area contributed by atoms with Crippen LogP contribution in [0.1, 0.15) is 28.8 Å². The second kappa shape index (κ2) is 5.85.